The summed E-state index contributed by atoms with van der Waals surface area (Å²) >= 11 is 0. The fourth-order valence-corrected chi connectivity index (χ4v) is 1.03. The van der Waals surface area contributed by atoms with Crippen molar-refractivity contribution in [2.75, 3.05) is 0 Å². The Morgan fingerprint density at radius 2 is 2.33 bits per heavy atom. The van der Waals surface area contributed by atoms with Gasteiger partial charge in [0.05, 0.1) is 11.0 Å². The lowest BCUT2D eigenvalue weighted by molar-refractivity contribution is 0.565. The highest BCUT2D eigenvalue weighted by Gasteiger charge is 1.95. The number of hydrogen-bond acceptors (Lipinski definition) is 3. The van der Waals surface area contributed by atoms with Crippen LogP contribution in [0.5, 0.6) is 0 Å². The highest BCUT2D eigenvalue weighted by molar-refractivity contribution is 5.76. The van der Waals surface area contributed by atoms with Gasteiger partial charge in [-0.3, -0.25) is 0 Å². The summed E-state index contributed by atoms with van der Waals surface area (Å²) in [7, 11) is 0. The summed E-state index contributed by atoms with van der Waals surface area (Å²) in [5, 5.41) is 0. The van der Waals surface area contributed by atoms with Crippen molar-refractivity contribution in [3.05, 3.63) is 24.4 Å². The number of fused-ring (bicyclic) bond motifs is 1. The minimum absolute atomic E-state index is 0.386. The highest BCUT2D eigenvalue weighted by Crippen LogP contribution is 2.14. The van der Waals surface area contributed by atoms with Gasteiger partial charge in [-0.1, -0.05) is 0 Å². The first-order valence-electron chi connectivity index (χ1n) is 3.42. The van der Waals surface area contributed by atoms with Crippen LogP contribution in [0, 0.1) is 0 Å². The Bertz CT molecular complexity index is 454. The zero-order valence-corrected chi connectivity index (χ0v) is 6.11. The van der Waals surface area contributed by atoms with Crippen molar-refractivity contribution in [1.29, 1.82) is 0 Å². The average Bonchev–Trinajstić information content (AvgIpc) is 2.51. The van der Waals surface area contributed by atoms with Crippen LogP contribution >= 0.6 is 0 Å². The fourth-order valence-electron chi connectivity index (χ4n) is 1.03. The number of aromatic nitrogens is 2. The predicted octanol–water partition coefficient (Wildman–Crippen LogP) is 1.53. The van der Waals surface area contributed by atoms with E-state index in [1.54, 1.807) is 12.3 Å². The van der Waals surface area contributed by atoms with Gasteiger partial charge in [0, 0.05) is 6.20 Å². The normalized spacial score (nSPS) is 9.67. The zero-order valence-electron chi connectivity index (χ0n) is 6.11. The topological polar surface area (TPSA) is 58.1 Å². The lowest BCUT2D eigenvalue weighted by atomic mass is 10.4. The monoisotopic (exact) mass is 159 g/mol. The number of isocyanates is 1. The molecule has 0 saturated carbocycles. The number of aromatic amines is 1. The molecular weight excluding hydrogens is 154 g/mol. The molecule has 12 heavy (non-hydrogen) atoms. The van der Waals surface area contributed by atoms with Gasteiger partial charge in [-0.05, 0) is 18.2 Å². The molecule has 2 heterocycles. The molecule has 0 aromatic carbocycles. The molecule has 4 nitrogen and oxygen atoms in total. The van der Waals surface area contributed by atoms with Crippen LogP contribution < -0.4 is 0 Å². The molecule has 0 bridgehead atoms. The molecule has 0 radical (unpaired) electrons. The molecule has 0 spiro atoms. The van der Waals surface area contributed by atoms with E-state index in [1.165, 1.54) is 6.08 Å². The molecule has 0 amide bonds. The van der Waals surface area contributed by atoms with E-state index in [4.69, 9.17) is 0 Å². The summed E-state index contributed by atoms with van der Waals surface area (Å²) in [6, 6.07) is 5.29. The van der Waals surface area contributed by atoms with Gasteiger partial charge < -0.3 is 4.98 Å². The molecule has 2 aromatic rings. The van der Waals surface area contributed by atoms with Crippen LogP contribution in [0.15, 0.2) is 29.4 Å². The number of nitrogens with one attached hydrogen (secondary N) is 1. The number of nitrogens with zero attached hydrogens (tertiary/aromatic N) is 2. The number of aliphatic imine (C=N–C) groups is 1. The zero-order chi connectivity index (χ0) is 8.39. The molecule has 0 atom stereocenters. The Balaban J connectivity index is 2.67. The Morgan fingerprint density at radius 3 is 3.17 bits per heavy atom. The lowest BCUT2D eigenvalue weighted by Crippen LogP contribution is -1.74. The molecule has 0 aliphatic heterocycles. The van der Waals surface area contributed by atoms with Crippen LogP contribution in [0.3, 0.4) is 0 Å². The van der Waals surface area contributed by atoms with Gasteiger partial charge in [0.15, 0.2) is 5.82 Å². The molecule has 0 fully saturated rings. The number of carbonyl (C=O) groups excluding carboxylic acids is 1. The van der Waals surface area contributed by atoms with Gasteiger partial charge in [-0.25, -0.2) is 9.78 Å². The van der Waals surface area contributed by atoms with E-state index in [1.807, 2.05) is 12.1 Å². The molecule has 0 aliphatic carbocycles. The first-order valence-corrected chi connectivity index (χ1v) is 3.42. The Morgan fingerprint density at radius 1 is 1.42 bits per heavy atom. The highest BCUT2D eigenvalue weighted by atomic mass is 16.1. The standard InChI is InChI=1S/C8H5N3O/c12-5-10-8-2-1-6-7(11-8)3-4-9-6/h1-4,9H. The summed E-state index contributed by atoms with van der Waals surface area (Å²) in [5.41, 5.74) is 1.73. The Labute approximate surface area is 68.0 Å². The van der Waals surface area contributed by atoms with Crippen molar-refractivity contribution < 1.29 is 4.79 Å². The van der Waals surface area contributed by atoms with Crippen LogP contribution in [-0.4, -0.2) is 16.0 Å². The van der Waals surface area contributed by atoms with Gasteiger partial charge >= 0.3 is 0 Å². The predicted molar refractivity (Wildman–Crippen MR) is 43.9 cm³/mol. The SMILES string of the molecule is O=C=Nc1ccc2[nH]ccc2n1. The van der Waals surface area contributed by atoms with E-state index in [9.17, 15) is 4.79 Å². The van der Waals surface area contributed by atoms with Gasteiger partial charge in [0.1, 0.15) is 0 Å². The third-order valence-corrected chi connectivity index (χ3v) is 1.55. The summed E-state index contributed by atoms with van der Waals surface area (Å²) in [6.45, 7) is 0. The maximum absolute atomic E-state index is 9.91. The molecular formula is C8H5N3O. The third-order valence-electron chi connectivity index (χ3n) is 1.55. The van der Waals surface area contributed by atoms with Crippen LogP contribution in [0.4, 0.5) is 5.82 Å². The Hall–Kier alpha value is -1.93. The van der Waals surface area contributed by atoms with E-state index in [0.29, 0.717) is 5.82 Å². The van der Waals surface area contributed by atoms with Crippen molar-refractivity contribution in [3.63, 3.8) is 0 Å². The van der Waals surface area contributed by atoms with Gasteiger partial charge in [0.2, 0.25) is 6.08 Å². The molecule has 58 valence electrons. The van der Waals surface area contributed by atoms with Crippen LogP contribution in [-0.2, 0) is 4.79 Å². The first-order chi connectivity index (χ1) is 5.90. The number of H-pyrrole nitrogens is 1. The van der Waals surface area contributed by atoms with Crippen molar-refractivity contribution in [2.45, 2.75) is 0 Å². The second-order valence-electron chi connectivity index (χ2n) is 2.28. The summed E-state index contributed by atoms with van der Waals surface area (Å²) in [5.74, 6) is 0.386. The van der Waals surface area contributed by atoms with Crippen LogP contribution in [0.2, 0.25) is 0 Å². The largest absolute Gasteiger partial charge is 0.360 e. The summed E-state index contributed by atoms with van der Waals surface area (Å²) < 4.78 is 0. The molecule has 0 saturated heterocycles. The van der Waals surface area contributed by atoms with Gasteiger partial charge in [-0.15, -0.1) is 4.99 Å². The minimum Gasteiger partial charge on any atom is -0.360 e. The van der Waals surface area contributed by atoms with Gasteiger partial charge in [-0.2, -0.15) is 0 Å². The summed E-state index contributed by atoms with van der Waals surface area (Å²) in [6.07, 6.45) is 3.23. The number of pyridine rings is 1. The van der Waals surface area contributed by atoms with E-state index >= 15 is 0 Å². The Kier molecular flexibility index (Phi) is 1.47. The van der Waals surface area contributed by atoms with Gasteiger partial charge in [0.25, 0.3) is 0 Å². The molecule has 0 aliphatic rings. The van der Waals surface area contributed by atoms with E-state index in [0.717, 1.165) is 11.0 Å². The van der Waals surface area contributed by atoms with Crippen molar-refractivity contribution in [3.8, 4) is 0 Å². The van der Waals surface area contributed by atoms with Crippen LogP contribution in [0.1, 0.15) is 0 Å². The lowest BCUT2D eigenvalue weighted by Gasteiger charge is -1.89. The molecule has 2 rings (SSSR count). The van der Waals surface area contributed by atoms with E-state index < -0.39 is 0 Å². The molecule has 4 heteroatoms. The third kappa shape index (κ3) is 1.00. The van der Waals surface area contributed by atoms with Crippen molar-refractivity contribution >= 4 is 22.9 Å². The fraction of sp³-hybridized carbons (Fsp3) is 0. The minimum atomic E-state index is 0.386. The van der Waals surface area contributed by atoms with Crippen molar-refractivity contribution in [2.24, 2.45) is 4.99 Å². The van der Waals surface area contributed by atoms with Crippen LogP contribution in [0.25, 0.3) is 11.0 Å². The maximum Gasteiger partial charge on any atom is 0.242 e. The maximum atomic E-state index is 9.91. The smallest absolute Gasteiger partial charge is 0.242 e. The van der Waals surface area contributed by atoms with E-state index in [2.05, 4.69) is 15.0 Å². The second-order valence-corrected chi connectivity index (χ2v) is 2.28. The average molecular weight is 159 g/mol. The molecule has 2 aromatic heterocycles. The van der Waals surface area contributed by atoms with E-state index in [-0.39, 0.29) is 0 Å². The quantitative estimate of drug-likeness (QED) is 0.506. The molecule has 0 unspecified atom stereocenters. The molecule has 1 N–H and O–H groups in total. The summed E-state index contributed by atoms with van der Waals surface area (Å²) in [4.78, 5) is 20.4. The van der Waals surface area contributed by atoms with Crippen molar-refractivity contribution in [1.82, 2.24) is 9.97 Å². The second kappa shape index (κ2) is 2.60. The number of rotatable bonds is 1. The number of hydrogen-bond donors (Lipinski definition) is 1. The first kappa shape index (κ1) is 6.76.